The Morgan fingerprint density at radius 1 is 1.36 bits per heavy atom. The molecule has 0 radical (unpaired) electrons. The van der Waals surface area contributed by atoms with Gasteiger partial charge in [0.05, 0.1) is 5.71 Å². The number of aryl methyl sites for hydroxylation is 1. The topological polar surface area (TPSA) is 21.6 Å². The van der Waals surface area contributed by atoms with Gasteiger partial charge in [0.25, 0.3) is 0 Å². The van der Waals surface area contributed by atoms with Crippen molar-refractivity contribution in [1.29, 1.82) is 0 Å². The van der Waals surface area contributed by atoms with Crippen LogP contribution in [0.2, 0.25) is 0 Å². The van der Waals surface area contributed by atoms with E-state index in [0.29, 0.717) is 6.61 Å². The fourth-order valence-corrected chi connectivity index (χ4v) is 1.26. The van der Waals surface area contributed by atoms with Crippen LogP contribution in [0.3, 0.4) is 0 Å². The van der Waals surface area contributed by atoms with E-state index < -0.39 is 0 Å². The van der Waals surface area contributed by atoms with Crippen molar-refractivity contribution in [1.82, 2.24) is 0 Å². The molecule has 0 N–H and O–H groups in total. The van der Waals surface area contributed by atoms with Gasteiger partial charge < -0.3 is 4.84 Å². The number of hydrogen-bond acceptors (Lipinski definition) is 2. The van der Waals surface area contributed by atoms with Gasteiger partial charge in [0.1, 0.15) is 6.61 Å². The highest BCUT2D eigenvalue weighted by atomic mass is 16.6. The minimum atomic E-state index is 0.684. The minimum Gasteiger partial charge on any atom is -0.396 e. The normalized spacial score (nSPS) is 11.5. The lowest BCUT2D eigenvalue weighted by Gasteiger charge is -2.04. The third-order valence-corrected chi connectivity index (χ3v) is 2.03. The lowest BCUT2D eigenvalue weighted by molar-refractivity contribution is 0.145. The van der Waals surface area contributed by atoms with Crippen LogP contribution in [0.25, 0.3) is 0 Å². The van der Waals surface area contributed by atoms with Gasteiger partial charge in [0.15, 0.2) is 0 Å². The minimum absolute atomic E-state index is 0.684. The van der Waals surface area contributed by atoms with Gasteiger partial charge in [0.2, 0.25) is 0 Å². The number of oxime groups is 1. The molecule has 0 saturated carbocycles. The van der Waals surface area contributed by atoms with Crippen LogP contribution in [0.1, 0.15) is 31.4 Å². The van der Waals surface area contributed by atoms with Crippen molar-refractivity contribution < 1.29 is 4.84 Å². The van der Waals surface area contributed by atoms with Gasteiger partial charge in [-0.1, -0.05) is 36.3 Å². The molecule has 0 unspecified atom stereocenters. The highest BCUT2D eigenvalue weighted by molar-refractivity contribution is 5.99. The van der Waals surface area contributed by atoms with Crippen LogP contribution in [0, 0.1) is 6.92 Å². The molecule has 0 fully saturated rings. The standard InChI is InChI=1S/C12H17NO/c1-4-9-14-13-11(3)12-8-6-5-7-10(12)2/h5-8H,4,9H2,1-3H3/b13-11+. The molecule has 0 spiro atoms. The predicted molar refractivity (Wildman–Crippen MR) is 59.6 cm³/mol. The summed E-state index contributed by atoms with van der Waals surface area (Å²) in [6, 6.07) is 8.18. The smallest absolute Gasteiger partial charge is 0.116 e. The summed E-state index contributed by atoms with van der Waals surface area (Å²) < 4.78 is 0. The lowest BCUT2D eigenvalue weighted by Crippen LogP contribution is -1.99. The Kier molecular flexibility index (Phi) is 4.17. The van der Waals surface area contributed by atoms with E-state index in [0.717, 1.165) is 17.7 Å². The molecule has 0 bridgehead atoms. The van der Waals surface area contributed by atoms with Crippen molar-refractivity contribution in [2.24, 2.45) is 5.16 Å². The molecule has 1 rings (SSSR count). The first-order valence-corrected chi connectivity index (χ1v) is 4.98. The zero-order chi connectivity index (χ0) is 10.4. The predicted octanol–water partition coefficient (Wildman–Crippen LogP) is 3.15. The van der Waals surface area contributed by atoms with E-state index in [2.05, 4.69) is 31.1 Å². The zero-order valence-electron chi connectivity index (χ0n) is 9.08. The third kappa shape index (κ3) is 2.87. The molecule has 76 valence electrons. The number of rotatable bonds is 4. The lowest BCUT2D eigenvalue weighted by atomic mass is 10.1. The van der Waals surface area contributed by atoms with Crippen molar-refractivity contribution >= 4 is 5.71 Å². The molecule has 0 aliphatic heterocycles. The Morgan fingerprint density at radius 2 is 2.07 bits per heavy atom. The first kappa shape index (κ1) is 10.8. The van der Waals surface area contributed by atoms with E-state index in [-0.39, 0.29) is 0 Å². The zero-order valence-corrected chi connectivity index (χ0v) is 9.08. The summed E-state index contributed by atoms with van der Waals surface area (Å²) in [5.74, 6) is 0. The van der Waals surface area contributed by atoms with Crippen molar-refractivity contribution in [3.63, 3.8) is 0 Å². The second-order valence-electron chi connectivity index (χ2n) is 3.32. The Morgan fingerprint density at radius 3 is 2.71 bits per heavy atom. The second kappa shape index (κ2) is 5.43. The Balaban J connectivity index is 2.73. The van der Waals surface area contributed by atoms with Crippen LogP contribution < -0.4 is 0 Å². The molecule has 1 aromatic carbocycles. The van der Waals surface area contributed by atoms with Crippen LogP contribution >= 0.6 is 0 Å². The van der Waals surface area contributed by atoms with E-state index in [1.807, 2.05) is 19.1 Å². The van der Waals surface area contributed by atoms with Gasteiger partial charge in [-0.25, -0.2) is 0 Å². The van der Waals surface area contributed by atoms with Crippen LogP contribution in [-0.4, -0.2) is 12.3 Å². The van der Waals surface area contributed by atoms with Gasteiger partial charge in [-0.15, -0.1) is 0 Å². The summed E-state index contributed by atoms with van der Waals surface area (Å²) in [6.45, 7) is 6.80. The SMILES string of the molecule is CCCO/N=C(\C)c1ccccc1C. The van der Waals surface area contributed by atoms with Crippen molar-refractivity contribution in [3.05, 3.63) is 35.4 Å². The van der Waals surface area contributed by atoms with E-state index in [4.69, 9.17) is 4.84 Å². The van der Waals surface area contributed by atoms with E-state index in [9.17, 15) is 0 Å². The number of hydrogen-bond donors (Lipinski definition) is 0. The maximum absolute atomic E-state index is 5.14. The summed E-state index contributed by atoms with van der Waals surface area (Å²) in [7, 11) is 0. The fourth-order valence-electron chi connectivity index (χ4n) is 1.26. The van der Waals surface area contributed by atoms with Crippen LogP contribution in [0.4, 0.5) is 0 Å². The maximum atomic E-state index is 5.14. The molecule has 1 aromatic rings. The van der Waals surface area contributed by atoms with Gasteiger partial charge in [-0.2, -0.15) is 0 Å². The molecule has 0 atom stereocenters. The second-order valence-corrected chi connectivity index (χ2v) is 3.32. The average Bonchev–Trinajstić information content (AvgIpc) is 2.18. The molecule has 0 heterocycles. The van der Waals surface area contributed by atoms with E-state index in [1.165, 1.54) is 5.56 Å². The van der Waals surface area contributed by atoms with Gasteiger partial charge in [0, 0.05) is 5.56 Å². The molecule has 0 amide bonds. The molecule has 14 heavy (non-hydrogen) atoms. The highest BCUT2D eigenvalue weighted by Gasteiger charge is 2.00. The van der Waals surface area contributed by atoms with Gasteiger partial charge in [-0.05, 0) is 25.8 Å². The largest absolute Gasteiger partial charge is 0.396 e. The molecule has 0 aliphatic rings. The first-order valence-electron chi connectivity index (χ1n) is 4.98. The summed E-state index contributed by atoms with van der Waals surface area (Å²) in [5, 5.41) is 4.06. The average molecular weight is 191 g/mol. The molecule has 0 saturated heterocycles. The molecular formula is C12H17NO. The van der Waals surface area contributed by atoms with Crippen LogP contribution in [-0.2, 0) is 4.84 Å². The summed E-state index contributed by atoms with van der Waals surface area (Å²) in [5.41, 5.74) is 3.33. The number of benzene rings is 1. The molecule has 2 heteroatoms. The molecule has 0 aliphatic carbocycles. The highest BCUT2D eigenvalue weighted by Crippen LogP contribution is 2.08. The van der Waals surface area contributed by atoms with Gasteiger partial charge >= 0.3 is 0 Å². The molecule has 0 aromatic heterocycles. The number of nitrogens with zero attached hydrogens (tertiary/aromatic N) is 1. The maximum Gasteiger partial charge on any atom is 0.116 e. The molecular weight excluding hydrogens is 174 g/mol. The van der Waals surface area contributed by atoms with Crippen molar-refractivity contribution in [2.45, 2.75) is 27.2 Å². The summed E-state index contributed by atoms with van der Waals surface area (Å²) in [6.07, 6.45) is 0.991. The summed E-state index contributed by atoms with van der Waals surface area (Å²) >= 11 is 0. The Hall–Kier alpha value is -1.31. The van der Waals surface area contributed by atoms with E-state index in [1.54, 1.807) is 0 Å². The van der Waals surface area contributed by atoms with E-state index >= 15 is 0 Å². The molecule has 2 nitrogen and oxygen atoms in total. The quantitative estimate of drug-likeness (QED) is 0.407. The van der Waals surface area contributed by atoms with Gasteiger partial charge in [-0.3, -0.25) is 0 Å². The Bertz CT molecular complexity index is 318. The van der Waals surface area contributed by atoms with Crippen LogP contribution in [0.5, 0.6) is 0 Å². The summed E-state index contributed by atoms with van der Waals surface area (Å²) in [4.78, 5) is 5.14. The Labute approximate surface area is 85.6 Å². The fraction of sp³-hybridized carbons (Fsp3) is 0.417. The monoisotopic (exact) mass is 191 g/mol. The van der Waals surface area contributed by atoms with Crippen molar-refractivity contribution in [2.75, 3.05) is 6.61 Å². The van der Waals surface area contributed by atoms with Crippen LogP contribution in [0.15, 0.2) is 29.4 Å². The first-order chi connectivity index (χ1) is 6.75. The van der Waals surface area contributed by atoms with Crippen molar-refractivity contribution in [3.8, 4) is 0 Å². The third-order valence-electron chi connectivity index (χ3n) is 2.03.